The van der Waals surface area contributed by atoms with Crippen molar-refractivity contribution >= 4 is 32.3 Å². The molecule has 2 saturated heterocycles. The van der Waals surface area contributed by atoms with E-state index in [0.29, 0.717) is 24.7 Å². The molecule has 188 valence electrons. The Morgan fingerprint density at radius 1 is 1.03 bits per heavy atom. The van der Waals surface area contributed by atoms with Crippen LogP contribution in [0.1, 0.15) is 42.3 Å². The van der Waals surface area contributed by atoms with Gasteiger partial charge in [0.05, 0.1) is 52.1 Å². The fraction of sp³-hybridized carbons (Fsp3) is 0.321. The van der Waals surface area contributed by atoms with E-state index in [4.69, 9.17) is 9.97 Å². The molecule has 4 aromatic rings. The van der Waals surface area contributed by atoms with E-state index in [0.717, 1.165) is 70.7 Å². The monoisotopic (exact) mass is 512 g/mol. The molecule has 0 saturated carbocycles. The number of benzene rings is 2. The molecule has 3 aliphatic rings. The molecule has 1 unspecified atom stereocenters. The Hall–Kier alpha value is -3.56. The Balaban J connectivity index is 1.24. The van der Waals surface area contributed by atoms with Crippen LogP contribution in [0.4, 0.5) is 5.69 Å². The third-order valence-corrected chi connectivity index (χ3v) is 9.55. The Morgan fingerprint density at radius 2 is 1.97 bits per heavy atom. The quantitative estimate of drug-likeness (QED) is 0.445. The maximum Gasteiger partial charge on any atom is 0.235 e. The van der Waals surface area contributed by atoms with Crippen molar-refractivity contribution in [3.05, 3.63) is 78.0 Å². The molecule has 0 amide bonds. The first-order valence-electron chi connectivity index (χ1n) is 12.9. The number of hydrogen-bond donors (Lipinski definition) is 1. The number of piperidine rings is 1. The summed E-state index contributed by atoms with van der Waals surface area (Å²) >= 11 is 0. The Kier molecular flexibility index (Phi) is 5.37. The van der Waals surface area contributed by atoms with E-state index in [-0.39, 0.29) is 5.75 Å². The van der Waals surface area contributed by atoms with E-state index in [1.54, 1.807) is 6.20 Å². The molecule has 1 aliphatic carbocycles. The Labute approximate surface area is 216 Å². The smallest absolute Gasteiger partial charge is 0.235 e. The zero-order chi connectivity index (χ0) is 25.0. The van der Waals surface area contributed by atoms with Crippen LogP contribution in [0.5, 0.6) is 0 Å². The van der Waals surface area contributed by atoms with E-state index in [1.165, 1.54) is 10.7 Å². The summed E-state index contributed by atoms with van der Waals surface area (Å²) < 4.78 is 28.7. The van der Waals surface area contributed by atoms with Gasteiger partial charge in [-0.3, -0.25) is 9.29 Å². The minimum atomic E-state index is -3.24. The van der Waals surface area contributed by atoms with E-state index in [1.807, 2.05) is 30.6 Å². The molecule has 2 aliphatic heterocycles. The second kappa shape index (κ2) is 8.78. The maximum atomic E-state index is 12.4. The summed E-state index contributed by atoms with van der Waals surface area (Å²) in [6, 6.07) is 14.4. The van der Waals surface area contributed by atoms with Crippen LogP contribution >= 0.6 is 0 Å². The van der Waals surface area contributed by atoms with Crippen molar-refractivity contribution in [3.63, 3.8) is 0 Å². The van der Waals surface area contributed by atoms with Gasteiger partial charge in [-0.15, -0.1) is 0 Å². The van der Waals surface area contributed by atoms with E-state index in [9.17, 15) is 8.42 Å². The maximum absolute atomic E-state index is 12.4. The molecule has 2 aromatic carbocycles. The third kappa shape index (κ3) is 3.93. The summed E-state index contributed by atoms with van der Waals surface area (Å²) in [6.45, 7) is 2.56. The third-order valence-electron chi connectivity index (χ3n) is 7.68. The average Bonchev–Trinajstić information content (AvgIpc) is 3.64. The molecule has 2 aromatic heterocycles. The predicted octanol–water partition coefficient (Wildman–Crippen LogP) is 3.95. The Morgan fingerprint density at radius 3 is 2.81 bits per heavy atom. The number of allylic oxidation sites excluding steroid dienone is 1. The lowest BCUT2D eigenvalue weighted by Gasteiger charge is -2.24. The molecule has 7 rings (SSSR count). The number of hydrogen-bond acceptors (Lipinski definition) is 6. The fourth-order valence-corrected chi connectivity index (χ4v) is 7.33. The normalized spacial score (nSPS) is 20.8. The van der Waals surface area contributed by atoms with Crippen molar-refractivity contribution in [2.24, 2.45) is 0 Å². The number of nitrogens with zero attached hydrogens (tertiary/aromatic N) is 5. The Bertz CT molecular complexity index is 1650. The van der Waals surface area contributed by atoms with Gasteiger partial charge in [0.15, 0.2) is 0 Å². The molecular weight excluding hydrogens is 484 g/mol. The first-order chi connectivity index (χ1) is 18.1. The number of aromatic nitrogens is 4. The zero-order valence-electron chi connectivity index (χ0n) is 20.5. The summed E-state index contributed by atoms with van der Waals surface area (Å²) in [7, 11) is -3.24. The van der Waals surface area contributed by atoms with Crippen LogP contribution in [0.15, 0.2) is 61.1 Å². The first-order valence-corrected chi connectivity index (χ1v) is 14.5. The molecular formula is C28H28N6O2S. The highest BCUT2D eigenvalue weighted by molar-refractivity contribution is 7.93. The molecule has 4 heterocycles. The summed E-state index contributed by atoms with van der Waals surface area (Å²) in [5.74, 6) is 0.199. The van der Waals surface area contributed by atoms with Crippen LogP contribution < -0.4 is 9.62 Å². The van der Waals surface area contributed by atoms with Crippen molar-refractivity contribution < 1.29 is 8.42 Å². The highest BCUT2D eigenvalue weighted by Gasteiger charge is 2.29. The fourth-order valence-electron chi connectivity index (χ4n) is 5.77. The summed E-state index contributed by atoms with van der Waals surface area (Å²) in [5.41, 5.74) is 8.47. The minimum Gasteiger partial charge on any atom is -0.326 e. The molecule has 9 heteroatoms. The van der Waals surface area contributed by atoms with Gasteiger partial charge in [-0.2, -0.15) is 0 Å². The van der Waals surface area contributed by atoms with Crippen LogP contribution in [0, 0.1) is 0 Å². The minimum absolute atomic E-state index is 0.199. The van der Waals surface area contributed by atoms with Gasteiger partial charge in [-0.1, -0.05) is 24.3 Å². The molecule has 0 spiro atoms. The van der Waals surface area contributed by atoms with Crippen molar-refractivity contribution in [1.29, 1.82) is 0 Å². The summed E-state index contributed by atoms with van der Waals surface area (Å²) in [4.78, 5) is 14.4. The molecule has 1 N–H and O–H groups in total. The van der Waals surface area contributed by atoms with Gasteiger partial charge < -0.3 is 9.88 Å². The molecule has 2 fully saturated rings. The summed E-state index contributed by atoms with van der Waals surface area (Å²) in [5, 5.41) is 3.50. The highest BCUT2D eigenvalue weighted by atomic mass is 32.2. The van der Waals surface area contributed by atoms with Crippen molar-refractivity contribution in [1.82, 2.24) is 24.8 Å². The molecule has 8 nitrogen and oxygen atoms in total. The van der Waals surface area contributed by atoms with Crippen LogP contribution in [0.2, 0.25) is 0 Å². The SMILES string of the molecule is O=S1(=O)CCCN1c1cccc(-c2cnc3c(n2)C(c2ccc4ncn(C5CCCNC5)c4c2)=CC3)c1. The molecule has 0 bridgehead atoms. The molecule has 1 atom stereocenters. The van der Waals surface area contributed by atoms with E-state index < -0.39 is 10.0 Å². The van der Waals surface area contributed by atoms with Crippen LogP contribution in [0.25, 0.3) is 27.9 Å². The number of fused-ring (bicyclic) bond motifs is 2. The lowest BCUT2D eigenvalue weighted by molar-refractivity contribution is 0.378. The van der Waals surface area contributed by atoms with Gasteiger partial charge >= 0.3 is 0 Å². The standard InChI is InChI=1S/C28H28N6O2S/c35-37(36)13-3-12-34(37)21-5-1-4-20(14-21)26-17-30-25-10-8-23(28(25)32-26)19-7-9-24-27(15-19)33(18-31-24)22-6-2-11-29-16-22/h1,4-5,7-9,14-15,17-18,22,29H,2-3,6,10-13,16H2. The lowest BCUT2D eigenvalue weighted by atomic mass is 10.0. The van der Waals surface area contributed by atoms with Gasteiger partial charge in [-0.05, 0) is 55.6 Å². The second-order valence-electron chi connectivity index (χ2n) is 10.0. The zero-order valence-corrected chi connectivity index (χ0v) is 21.3. The van der Waals surface area contributed by atoms with Gasteiger partial charge in [0, 0.05) is 36.7 Å². The number of sulfonamides is 1. The van der Waals surface area contributed by atoms with Crippen molar-refractivity contribution in [2.75, 3.05) is 29.7 Å². The van der Waals surface area contributed by atoms with Crippen LogP contribution in [-0.2, 0) is 16.4 Å². The largest absolute Gasteiger partial charge is 0.326 e. The number of rotatable bonds is 4. The van der Waals surface area contributed by atoms with Gasteiger partial charge in [0.1, 0.15) is 0 Å². The number of nitrogens with one attached hydrogen (secondary N) is 1. The topological polar surface area (TPSA) is 93.0 Å². The van der Waals surface area contributed by atoms with Crippen LogP contribution in [0.3, 0.4) is 0 Å². The van der Waals surface area contributed by atoms with Crippen LogP contribution in [-0.4, -0.2) is 53.3 Å². The van der Waals surface area contributed by atoms with E-state index >= 15 is 0 Å². The highest BCUT2D eigenvalue weighted by Crippen LogP contribution is 2.35. The summed E-state index contributed by atoms with van der Waals surface area (Å²) in [6.07, 6.45) is 9.68. The second-order valence-corrected chi connectivity index (χ2v) is 12.0. The number of anilines is 1. The van der Waals surface area contributed by atoms with Gasteiger partial charge in [-0.25, -0.2) is 18.4 Å². The van der Waals surface area contributed by atoms with Gasteiger partial charge in [0.2, 0.25) is 10.0 Å². The first kappa shape index (κ1) is 22.6. The van der Waals surface area contributed by atoms with E-state index in [2.05, 4.69) is 39.1 Å². The van der Waals surface area contributed by atoms with Crippen molar-refractivity contribution in [2.45, 2.75) is 31.7 Å². The molecule has 37 heavy (non-hydrogen) atoms. The lowest BCUT2D eigenvalue weighted by Crippen LogP contribution is -2.31. The number of imidazole rings is 1. The average molecular weight is 513 g/mol. The molecule has 0 radical (unpaired) electrons. The van der Waals surface area contributed by atoms with Crippen molar-refractivity contribution in [3.8, 4) is 11.3 Å². The predicted molar refractivity (Wildman–Crippen MR) is 145 cm³/mol. The van der Waals surface area contributed by atoms with Gasteiger partial charge in [0.25, 0.3) is 0 Å².